The molecule has 0 fully saturated rings. The van der Waals surface area contributed by atoms with E-state index in [1.165, 1.54) is 0 Å². The lowest BCUT2D eigenvalue weighted by Crippen LogP contribution is -2.41. The van der Waals surface area contributed by atoms with E-state index in [-0.39, 0.29) is 18.9 Å². The number of carbonyl (C=O) groups excluding carboxylic acids is 2. The Morgan fingerprint density at radius 2 is 2.05 bits per heavy atom. The van der Waals surface area contributed by atoms with E-state index in [0.29, 0.717) is 5.56 Å². The number of hydrogen-bond donors (Lipinski definition) is 3. The second-order valence-electron chi connectivity index (χ2n) is 4.26. The predicted octanol–water partition coefficient (Wildman–Crippen LogP) is 1.16. The summed E-state index contributed by atoms with van der Waals surface area (Å²) in [5.74, 6) is -1.79. The summed E-state index contributed by atoms with van der Waals surface area (Å²) in [5, 5.41) is 13.5. The molecule has 0 spiro atoms. The van der Waals surface area contributed by atoms with E-state index >= 15 is 0 Å². The van der Waals surface area contributed by atoms with Crippen LogP contribution in [0.1, 0.15) is 23.7 Å². The van der Waals surface area contributed by atoms with Gasteiger partial charge in [0, 0.05) is 16.1 Å². The van der Waals surface area contributed by atoms with Gasteiger partial charge in [0.2, 0.25) is 5.91 Å². The fraction of sp³-hybridized carbons (Fsp3) is 0.308. The van der Waals surface area contributed by atoms with Gasteiger partial charge in [0.05, 0.1) is 13.0 Å². The summed E-state index contributed by atoms with van der Waals surface area (Å²) in [4.78, 5) is 33.7. The summed E-state index contributed by atoms with van der Waals surface area (Å²) in [6.45, 7) is 1.39. The van der Waals surface area contributed by atoms with Gasteiger partial charge in [-0.3, -0.25) is 14.4 Å². The number of rotatable bonds is 6. The van der Waals surface area contributed by atoms with Crippen LogP contribution < -0.4 is 10.6 Å². The quantitative estimate of drug-likeness (QED) is 0.722. The molecule has 0 aromatic heterocycles. The molecule has 1 rings (SSSR count). The van der Waals surface area contributed by atoms with E-state index < -0.39 is 17.9 Å². The van der Waals surface area contributed by atoms with E-state index in [2.05, 4.69) is 26.6 Å². The molecular weight excluding hydrogens is 328 g/mol. The third kappa shape index (κ3) is 5.83. The van der Waals surface area contributed by atoms with Crippen molar-refractivity contribution in [1.29, 1.82) is 0 Å². The maximum Gasteiger partial charge on any atom is 0.305 e. The lowest BCUT2D eigenvalue weighted by molar-refractivity contribution is -0.137. The van der Waals surface area contributed by atoms with Crippen molar-refractivity contribution in [2.75, 3.05) is 6.54 Å². The molecule has 0 saturated carbocycles. The van der Waals surface area contributed by atoms with Crippen LogP contribution in [0, 0.1) is 0 Å². The van der Waals surface area contributed by atoms with Gasteiger partial charge >= 0.3 is 5.97 Å². The van der Waals surface area contributed by atoms with Crippen molar-refractivity contribution < 1.29 is 19.5 Å². The number of benzene rings is 1. The van der Waals surface area contributed by atoms with E-state index in [9.17, 15) is 14.4 Å². The Hall–Kier alpha value is -1.89. The van der Waals surface area contributed by atoms with Crippen LogP contribution in [0.25, 0.3) is 0 Å². The molecule has 0 saturated heterocycles. The first-order valence-electron chi connectivity index (χ1n) is 5.93. The zero-order chi connectivity index (χ0) is 15.1. The van der Waals surface area contributed by atoms with Gasteiger partial charge in [-0.05, 0) is 25.1 Å². The molecule has 0 aliphatic heterocycles. The lowest BCUT2D eigenvalue weighted by Gasteiger charge is -2.12. The molecule has 2 amide bonds. The molecular formula is C13H15BrN2O4. The molecule has 1 atom stereocenters. The lowest BCUT2D eigenvalue weighted by atomic mass is 10.2. The van der Waals surface area contributed by atoms with Crippen LogP contribution >= 0.6 is 15.9 Å². The third-order valence-electron chi connectivity index (χ3n) is 2.38. The normalized spacial score (nSPS) is 11.5. The number of carbonyl (C=O) groups is 3. The smallest absolute Gasteiger partial charge is 0.305 e. The first kappa shape index (κ1) is 16.2. The van der Waals surface area contributed by atoms with Crippen molar-refractivity contribution in [3.8, 4) is 0 Å². The molecule has 0 heterocycles. The number of hydrogen-bond acceptors (Lipinski definition) is 3. The molecule has 0 aliphatic rings. The number of halogens is 1. The van der Waals surface area contributed by atoms with Gasteiger partial charge < -0.3 is 15.7 Å². The summed E-state index contributed by atoms with van der Waals surface area (Å²) in [5.41, 5.74) is 0.436. The molecule has 0 aliphatic carbocycles. The number of nitrogens with one attached hydrogen (secondary N) is 2. The Balaban J connectivity index is 2.41. The van der Waals surface area contributed by atoms with Gasteiger partial charge in [0.25, 0.3) is 5.91 Å². The van der Waals surface area contributed by atoms with Gasteiger partial charge in [-0.15, -0.1) is 0 Å². The monoisotopic (exact) mass is 342 g/mol. The summed E-state index contributed by atoms with van der Waals surface area (Å²) in [6, 6.07) is 6.29. The Morgan fingerprint density at radius 1 is 1.35 bits per heavy atom. The molecule has 0 bridgehead atoms. The molecule has 1 unspecified atom stereocenters. The molecule has 6 nitrogen and oxygen atoms in total. The molecule has 3 N–H and O–H groups in total. The van der Waals surface area contributed by atoms with E-state index in [1.54, 1.807) is 31.2 Å². The summed E-state index contributed by atoms with van der Waals surface area (Å²) in [6.07, 6.45) is -0.161. The second-order valence-corrected chi connectivity index (χ2v) is 5.18. The van der Waals surface area contributed by atoms with Crippen molar-refractivity contribution in [1.82, 2.24) is 10.6 Å². The molecule has 20 heavy (non-hydrogen) atoms. The minimum Gasteiger partial charge on any atom is -0.481 e. The van der Waals surface area contributed by atoms with Crippen LogP contribution in [0.5, 0.6) is 0 Å². The Bertz CT molecular complexity index is 519. The average Bonchev–Trinajstić information content (AvgIpc) is 2.34. The van der Waals surface area contributed by atoms with Crippen LogP contribution in [0.15, 0.2) is 28.7 Å². The fourth-order valence-corrected chi connectivity index (χ4v) is 1.93. The second kappa shape index (κ2) is 7.64. The SMILES string of the molecule is CC(CC(=O)O)NC(=O)CNC(=O)c1cccc(Br)c1. The highest BCUT2D eigenvalue weighted by atomic mass is 79.9. The van der Waals surface area contributed by atoms with Crippen LogP contribution in [-0.4, -0.2) is 35.5 Å². The highest BCUT2D eigenvalue weighted by molar-refractivity contribution is 9.10. The standard InChI is InChI=1S/C13H15BrN2O4/c1-8(5-12(18)19)16-11(17)7-15-13(20)9-3-2-4-10(14)6-9/h2-4,6,8H,5,7H2,1H3,(H,15,20)(H,16,17)(H,18,19). The van der Waals surface area contributed by atoms with Gasteiger partial charge in [-0.25, -0.2) is 0 Å². The van der Waals surface area contributed by atoms with Crippen molar-refractivity contribution in [3.63, 3.8) is 0 Å². The van der Waals surface area contributed by atoms with Crippen LogP contribution in [0.4, 0.5) is 0 Å². The zero-order valence-corrected chi connectivity index (χ0v) is 12.4. The highest BCUT2D eigenvalue weighted by Gasteiger charge is 2.12. The zero-order valence-electron chi connectivity index (χ0n) is 10.9. The van der Waals surface area contributed by atoms with Gasteiger partial charge in [-0.2, -0.15) is 0 Å². The van der Waals surface area contributed by atoms with Gasteiger partial charge in [-0.1, -0.05) is 22.0 Å². The number of aliphatic carboxylic acids is 1. The first-order chi connectivity index (χ1) is 9.38. The van der Waals surface area contributed by atoms with Crippen LogP contribution in [-0.2, 0) is 9.59 Å². The number of carboxylic acids is 1. The highest BCUT2D eigenvalue weighted by Crippen LogP contribution is 2.11. The van der Waals surface area contributed by atoms with Crippen LogP contribution in [0.2, 0.25) is 0 Å². The van der Waals surface area contributed by atoms with Crippen LogP contribution in [0.3, 0.4) is 0 Å². The van der Waals surface area contributed by atoms with E-state index in [1.807, 2.05) is 0 Å². The van der Waals surface area contributed by atoms with Crippen molar-refractivity contribution in [2.24, 2.45) is 0 Å². The average molecular weight is 343 g/mol. The molecule has 7 heteroatoms. The summed E-state index contributed by atoms with van der Waals surface area (Å²) >= 11 is 3.25. The third-order valence-corrected chi connectivity index (χ3v) is 2.88. The van der Waals surface area contributed by atoms with E-state index in [0.717, 1.165) is 4.47 Å². The van der Waals surface area contributed by atoms with Crippen molar-refractivity contribution in [2.45, 2.75) is 19.4 Å². The Kier molecular flexibility index (Phi) is 6.17. The summed E-state index contributed by atoms with van der Waals surface area (Å²) < 4.78 is 0.768. The van der Waals surface area contributed by atoms with Crippen molar-refractivity contribution in [3.05, 3.63) is 34.3 Å². The topological polar surface area (TPSA) is 95.5 Å². The minimum atomic E-state index is -0.990. The Morgan fingerprint density at radius 3 is 2.65 bits per heavy atom. The van der Waals surface area contributed by atoms with E-state index in [4.69, 9.17) is 5.11 Å². The Labute approximate surface area is 124 Å². The molecule has 1 aromatic carbocycles. The molecule has 0 radical (unpaired) electrons. The largest absolute Gasteiger partial charge is 0.481 e. The maximum atomic E-state index is 11.8. The number of carboxylic acid groups (broad SMARTS) is 1. The van der Waals surface area contributed by atoms with Crippen molar-refractivity contribution >= 4 is 33.7 Å². The molecule has 108 valence electrons. The first-order valence-corrected chi connectivity index (χ1v) is 6.72. The van der Waals surface area contributed by atoms with Gasteiger partial charge in [0.15, 0.2) is 0 Å². The summed E-state index contributed by atoms with van der Waals surface area (Å²) in [7, 11) is 0. The predicted molar refractivity (Wildman–Crippen MR) is 76.3 cm³/mol. The fourth-order valence-electron chi connectivity index (χ4n) is 1.53. The number of amides is 2. The maximum absolute atomic E-state index is 11.8. The molecule has 1 aromatic rings. The van der Waals surface area contributed by atoms with Gasteiger partial charge in [0.1, 0.15) is 0 Å². The minimum absolute atomic E-state index is 0.161.